The standard InChI is InChI=1S/C22H31N3O5S/c1-16(26)25-11-3-5-17-13-20(8-9-21(17)25)31(28,29)24-10-2-6-18(15-24)22(27)23-14-19-7-4-12-30-19/h8-9,13,18-19H,2-7,10-12,14-15H2,1H3,(H,23,27)/t18-,19+/m0/s1. The maximum Gasteiger partial charge on any atom is 0.243 e. The Bertz CT molecular complexity index is 942. The number of piperidine rings is 1. The molecule has 8 nitrogen and oxygen atoms in total. The van der Waals surface area contributed by atoms with Crippen LogP contribution in [-0.4, -0.2) is 63.4 Å². The van der Waals surface area contributed by atoms with E-state index >= 15 is 0 Å². The molecule has 0 saturated carbocycles. The second-order valence-corrected chi connectivity index (χ2v) is 10.6. The largest absolute Gasteiger partial charge is 0.376 e. The zero-order chi connectivity index (χ0) is 22.0. The molecule has 31 heavy (non-hydrogen) atoms. The Morgan fingerprint density at radius 1 is 1.16 bits per heavy atom. The number of nitrogens with one attached hydrogen (secondary N) is 1. The third kappa shape index (κ3) is 4.78. The Labute approximate surface area is 184 Å². The minimum Gasteiger partial charge on any atom is -0.376 e. The highest BCUT2D eigenvalue weighted by atomic mass is 32.2. The van der Waals surface area contributed by atoms with Crippen molar-refractivity contribution in [2.45, 2.75) is 56.4 Å². The number of ether oxygens (including phenoxy) is 1. The van der Waals surface area contributed by atoms with E-state index in [9.17, 15) is 18.0 Å². The fourth-order valence-corrected chi connectivity index (χ4v) is 6.32. The zero-order valence-corrected chi connectivity index (χ0v) is 18.8. The van der Waals surface area contributed by atoms with Crippen molar-refractivity contribution in [2.24, 2.45) is 5.92 Å². The summed E-state index contributed by atoms with van der Waals surface area (Å²) >= 11 is 0. The Kier molecular flexibility index (Phi) is 6.64. The molecule has 0 radical (unpaired) electrons. The maximum absolute atomic E-state index is 13.3. The topological polar surface area (TPSA) is 96.0 Å². The lowest BCUT2D eigenvalue weighted by molar-refractivity contribution is -0.126. The SMILES string of the molecule is CC(=O)N1CCCc2cc(S(=O)(=O)N3CCC[C@H](C(=O)NC[C@H]4CCCO4)C3)ccc21. The molecule has 2 atom stereocenters. The quantitative estimate of drug-likeness (QED) is 0.738. The molecule has 4 rings (SSSR count). The first-order valence-corrected chi connectivity index (χ1v) is 12.6. The molecule has 1 N–H and O–H groups in total. The molecule has 3 aliphatic rings. The zero-order valence-electron chi connectivity index (χ0n) is 18.0. The van der Waals surface area contributed by atoms with Crippen LogP contribution in [0.4, 0.5) is 5.69 Å². The number of rotatable bonds is 5. The van der Waals surface area contributed by atoms with Gasteiger partial charge in [0.25, 0.3) is 0 Å². The highest BCUT2D eigenvalue weighted by molar-refractivity contribution is 7.89. The number of hydrogen-bond acceptors (Lipinski definition) is 5. The summed E-state index contributed by atoms with van der Waals surface area (Å²) in [6.07, 6.45) is 4.92. The van der Waals surface area contributed by atoms with E-state index in [0.717, 1.165) is 43.5 Å². The fourth-order valence-electron chi connectivity index (χ4n) is 4.75. The molecule has 0 spiro atoms. The van der Waals surface area contributed by atoms with E-state index in [1.54, 1.807) is 23.1 Å². The van der Waals surface area contributed by atoms with Crippen molar-refractivity contribution in [1.82, 2.24) is 9.62 Å². The summed E-state index contributed by atoms with van der Waals surface area (Å²) in [5.74, 6) is -0.488. The molecule has 0 aliphatic carbocycles. The van der Waals surface area contributed by atoms with Gasteiger partial charge in [-0.15, -0.1) is 0 Å². The number of carbonyl (C=O) groups excluding carboxylic acids is 2. The maximum atomic E-state index is 13.3. The molecule has 3 aliphatic heterocycles. The summed E-state index contributed by atoms with van der Waals surface area (Å²) in [6.45, 7) is 4.01. The van der Waals surface area contributed by atoms with Crippen LogP contribution in [0.3, 0.4) is 0 Å². The minimum atomic E-state index is -3.71. The number of carbonyl (C=O) groups is 2. The number of sulfonamides is 1. The molecule has 2 fully saturated rings. The Morgan fingerprint density at radius 3 is 2.74 bits per heavy atom. The fraction of sp³-hybridized carbons (Fsp3) is 0.636. The van der Waals surface area contributed by atoms with Gasteiger partial charge in [-0.2, -0.15) is 4.31 Å². The first-order valence-electron chi connectivity index (χ1n) is 11.2. The molecule has 2 amide bonds. The highest BCUT2D eigenvalue weighted by Crippen LogP contribution is 2.31. The summed E-state index contributed by atoms with van der Waals surface area (Å²) < 4.78 is 33.6. The van der Waals surface area contributed by atoms with Crippen molar-refractivity contribution < 1.29 is 22.7 Å². The van der Waals surface area contributed by atoms with Gasteiger partial charge >= 0.3 is 0 Å². The van der Waals surface area contributed by atoms with Crippen LogP contribution in [0.25, 0.3) is 0 Å². The number of hydrogen-bond donors (Lipinski definition) is 1. The number of benzene rings is 1. The van der Waals surface area contributed by atoms with E-state index in [1.807, 2.05) is 0 Å². The van der Waals surface area contributed by atoms with Gasteiger partial charge < -0.3 is 15.0 Å². The van der Waals surface area contributed by atoms with Crippen LogP contribution in [0, 0.1) is 5.92 Å². The van der Waals surface area contributed by atoms with Crippen LogP contribution < -0.4 is 10.2 Å². The van der Waals surface area contributed by atoms with E-state index in [1.165, 1.54) is 11.2 Å². The third-order valence-corrected chi connectivity index (χ3v) is 8.33. The van der Waals surface area contributed by atoms with Crippen molar-refractivity contribution in [1.29, 1.82) is 0 Å². The van der Waals surface area contributed by atoms with Gasteiger partial charge in [0.15, 0.2) is 0 Å². The molecule has 0 unspecified atom stereocenters. The van der Waals surface area contributed by atoms with Gasteiger partial charge in [0.05, 0.1) is 16.9 Å². The Morgan fingerprint density at radius 2 is 2.00 bits per heavy atom. The highest BCUT2D eigenvalue weighted by Gasteiger charge is 2.34. The lowest BCUT2D eigenvalue weighted by Gasteiger charge is -2.32. The summed E-state index contributed by atoms with van der Waals surface area (Å²) in [4.78, 5) is 26.4. The van der Waals surface area contributed by atoms with Gasteiger partial charge in [-0.1, -0.05) is 0 Å². The van der Waals surface area contributed by atoms with Crippen molar-refractivity contribution >= 4 is 27.5 Å². The molecule has 2 saturated heterocycles. The lowest BCUT2D eigenvalue weighted by atomic mass is 9.99. The van der Waals surface area contributed by atoms with Crippen molar-refractivity contribution in [3.05, 3.63) is 23.8 Å². The summed E-state index contributed by atoms with van der Waals surface area (Å²) in [6, 6.07) is 5.01. The number of nitrogens with zero attached hydrogens (tertiary/aromatic N) is 2. The van der Waals surface area contributed by atoms with E-state index in [2.05, 4.69) is 5.32 Å². The first-order chi connectivity index (χ1) is 14.9. The Hall–Kier alpha value is -1.97. The second kappa shape index (κ2) is 9.26. The van der Waals surface area contributed by atoms with E-state index in [-0.39, 0.29) is 35.3 Å². The lowest BCUT2D eigenvalue weighted by Crippen LogP contribution is -2.46. The van der Waals surface area contributed by atoms with Gasteiger partial charge in [0.1, 0.15) is 0 Å². The molecule has 1 aromatic carbocycles. The second-order valence-electron chi connectivity index (χ2n) is 8.65. The average Bonchev–Trinajstić information content (AvgIpc) is 3.30. The van der Waals surface area contributed by atoms with Crippen LogP contribution in [0.2, 0.25) is 0 Å². The molecule has 9 heteroatoms. The molecule has 170 valence electrons. The van der Waals surface area contributed by atoms with Gasteiger partial charge in [-0.3, -0.25) is 9.59 Å². The smallest absolute Gasteiger partial charge is 0.243 e. The monoisotopic (exact) mass is 449 g/mol. The number of amides is 2. The summed E-state index contributed by atoms with van der Waals surface area (Å²) in [5, 5.41) is 2.94. The number of aryl methyl sites for hydroxylation is 1. The van der Waals surface area contributed by atoms with Gasteiger partial charge in [0, 0.05) is 45.4 Å². The molecular weight excluding hydrogens is 418 g/mol. The van der Waals surface area contributed by atoms with E-state index in [0.29, 0.717) is 32.5 Å². The van der Waals surface area contributed by atoms with Crippen LogP contribution >= 0.6 is 0 Å². The van der Waals surface area contributed by atoms with Crippen LogP contribution in [-0.2, 0) is 30.8 Å². The average molecular weight is 450 g/mol. The predicted octanol–water partition coefficient (Wildman–Crippen LogP) is 1.68. The molecule has 3 heterocycles. The van der Waals surface area contributed by atoms with Crippen molar-refractivity contribution in [3.8, 4) is 0 Å². The van der Waals surface area contributed by atoms with Crippen LogP contribution in [0.1, 0.15) is 44.6 Å². The van der Waals surface area contributed by atoms with Gasteiger partial charge in [0.2, 0.25) is 21.8 Å². The van der Waals surface area contributed by atoms with Crippen molar-refractivity contribution in [3.63, 3.8) is 0 Å². The van der Waals surface area contributed by atoms with Gasteiger partial charge in [-0.25, -0.2) is 8.42 Å². The number of anilines is 1. The normalized spacial score (nSPS) is 24.6. The summed E-state index contributed by atoms with van der Waals surface area (Å²) in [5.41, 5.74) is 1.67. The predicted molar refractivity (Wildman–Crippen MR) is 116 cm³/mol. The van der Waals surface area contributed by atoms with E-state index < -0.39 is 10.0 Å². The minimum absolute atomic E-state index is 0.0376. The molecule has 0 aromatic heterocycles. The first kappa shape index (κ1) is 22.2. The molecule has 1 aromatic rings. The number of fused-ring (bicyclic) bond motifs is 1. The summed E-state index contributed by atoms with van der Waals surface area (Å²) in [7, 11) is -3.71. The van der Waals surface area contributed by atoms with Gasteiger partial charge in [-0.05, 0) is 62.3 Å². The van der Waals surface area contributed by atoms with Crippen LogP contribution in [0.5, 0.6) is 0 Å². The molecule has 0 bridgehead atoms. The van der Waals surface area contributed by atoms with Crippen LogP contribution in [0.15, 0.2) is 23.1 Å². The van der Waals surface area contributed by atoms with E-state index in [4.69, 9.17) is 4.74 Å². The third-order valence-electron chi connectivity index (χ3n) is 6.47. The Balaban J connectivity index is 1.45. The van der Waals surface area contributed by atoms with Crippen molar-refractivity contribution in [2.75, 3.05) is 37.7 Å². The molecular formula is C22H31N3O5S.